The molecule has 0 saturated heterocycles. The summed E-state index contributed by atoms with van der Waals surface area (Å²) in [6.45, 7) is 5.99. The zero-order chi connectivity index (χ0) is 17.2. The van der Waals surface area contributed by atoms with Crippen LogP contribution in [0.4, 0.5) is 5.69 Å². The van der Waals surface area contributed by atoms with Gasteiger partial charge in [-0.2, -0.15) is 0 Å². The van der Waals surface area contributed by atoms with Gasteiger partial charge in [0.1, 0.15) is 0 Å². The summed E-state index contributed by atoms with van der Waals surface area (Å²) in [5.41, 5.74) is 0.220. The van der Waals surface area contributed by atoms with E-state index in [9.17, 15) is 19.7 Å². The molecule has 2 rings (SSSR count). The number of carbonyl (C=O) groups excluding carboxylic acids is 1. The van der Waals surface area contributed by atoms with Crippen molar-refractivity contribution in [2.75, 3.05) is 0 Å². The Balaban J connectivity index is 2.09. The summed E-state index contributed by atoms with van der Waals surface area (Å²) in [7, 11) is 0. The van der Waals surface area contributed by atoms with Crippen molar-refractivity contribution in [3.63, 3.8) is 0 Å². The van der Waals surface area contributed by atoms with E-state index >= 15 is 0 Å². The summed E-state index contributed by atoms with van der Waals surface area (Å²) in [6.07, 6.45) is 0.747. The fraction of sp³-hybridized carbons (Fsp3) is 0.467. The van der Waals surface area contributed by atoms with Crippen molar-refractivity contribution in [1.82, 2.24) is 9.88 Å². The van der Waals surface area contributed by atoms with Gasteiger partial charge in [0.15, 0.2) is 5.58 Å². The second kappa shape index (κ2) is 6.23. The van der Waals surface area contributed by atoms with E-state index in [0.29, 0.717) is 18.5 Å². The predicted octanol–water partition coefficient (Wildman–Crippen LogP) is 2.20. The second-order valence-electron chi connectivity index (χ2n) is 6.33. The molecular weight excluding hydrogens is 302 g/mol. The Bertz CT molecular complexity index is 798. The molecule has 1 aromatic heterocycles. The maximum Gasteiger partial charge on any atom is 0.419 e. The summed E-state index contributed by atoms with van der Waals surface area (Å²) >= 11 is 0. The zero-order valence-corrected chi connectivity index (χ0v) is 13.3. The molecular formula is C15H19N3O5. The van der Waals surface area contributed by atoms with Crippen LogP contribution in [0.3, 0.4) is 0 Å². The minimum atomic E-state index is -0.586. The van der Waals surface area contributed by atoms with Crippen molar-refractivity contribution in [2.45, 2.75) is 45.7 Å². The zero-order valence-electron chi connectivity index (χ0n) is 13.3. The molecule has 0 saturated carbocycles. The molecule has 124 valence electrons. The minimum absolute atomic E-state index is 0.0889. The number of nitro groups is 1. The second-order valence-corrected chi connectivity index (χ2v) is 6.33. The highest BCUT2D eigenvalue weighted by molar-refractivity contribution is 5.77. The molecule has 0 aliphatic rings. The number of hydrogen-bond acceptors (Lipinski definition) is 5. The molecule has 0 spiro atoms. The molecule has 0 unspecified atom stereocenters. The molecule has 8 nitrogen and oxygen atoms in total. The number of oxazole rings is 1. The third-order valence-corrected chi connectivity index (χ3v) is 3.16. The van der Waals surface area contributed by atoms with Crippen molar-refractivity contribution >= 4 is 22.7 Å². The van der Waals surface area contributed by atoms with Gasteiger partial charge in [-0.1, -0.05) is 0 Å². The molecule has 2 aromatic rings. The summed E-state index contributed by atoms with van der Waals surface area (Å²) < 4.78 is 6.41. The van der Waals surface area contributed by atoms with Gasteiger partial charge in [-0.05, 0) is 33.3 Å². The monoisotopic (exact) mass is 321 g/mol. The predicted molar refractivity (Wildman–Crippen MR) is 84.3 cm³/mol. The number of hydrogen-bond donors (Lipinski definition) is 1. The van der Waals surface area contributed by atoms with Crippen molar-refractivity contribution in [2.24, 2.45) is 0 Å². The first-order valence-electron chi connectivity index (χ1n) is 7.26. The van der Waals surface area contributed by atoms with E-state index in [1.807, 2.05) is 20.8 Å². The highest BCUT2D eigenvalue weighted by Crippen LogP contribution is 2.20. The first-order chi connectivity index (χ1) is 10.7. The quantitative estimate of drug-likeness (QED) is 0.671. The number of nitrogens with zero attached hydrogens (tertiary/aromatic N) is 2. The summed E-state index contributed by atoms with van der Waals surface area (Å²) in [5.74, 6) is -0.675. The van der Waals surface area contributed by atoms with Crippen LogP contribution in [0.1, 0.15) is 33.6 Å². The average molecular weight is 321 g/mol. The fourth-order valence-corrected chi connectivity index (χ4v) is 2.26. The van der Waals surface area contributed by atoms with Gasteiger partial charge in [0.05, 0.1) is 16.5 Å². The molecule has 8 heteroatoms. The van der Waals surface area contributed by atoms with E-state index in [-0.39, 0.29) is 29.1 Å². The molecule has 1 aromatic carbocycles. The van der Waals surface area contributed by atoms with Crippen LogP contribution in [0.25, 0.3) is 11.1 Å². The van der Waals surface area contributed by atoms with Crippen LogP contribution in [-0.2, 0) is 11.3 Å². The number of nitro benzene ring substituents is 1. The van der Waals surface area contributed by atoms with Crippen LogP contribution < -0.4 is 11.1 Å². The van der Waals surface area contributed by atoms with E-state index in [1.165, 1.54) is 22.8 Å². The van der Waals surface area contributed by atoms with Gasteiger partial charge in [-0.15, -0.1) is 0 Å². The van der Waals surface area contributed by atoms with Gasteiger partial charge < -0.3 is 9.73 Å². The number of fused-ring (bicyclic) bond motifs is 1. The van der Waals surface area contributed by atoms with Crippen LogP contribution in [0.2, 0.25) is 0 Å². The van der Waals surface area contributed by atoms with Crippen LogP contribution in [0.15, 0.2) is 27.4 Å². The number of rotatable bonds is 5. The van der Waals surface area contributed by atoms with Crippen molar-refractivity contribution < 1.29 is 14.1 Å². The minimum Gasteiger partial charge on any atom is -0.407 e. The largest absolute Gasteiger partial charge is 0.419 e. The molecule has 1 N–H and O–H groups in total. The standard InChI is InChI=1S/C15H19N3O5/c1-15(2,3)16-13(19)5-4-8-17-11-7-6-10(18(21)22)9-12(11)23-14(17)20/h6-7,9H,4-5,8H2,1-3H3,(H,16,19). The van der Waals surface area contributed by atoms with Crippen LogP contribution in [0, 0.1) is 10.1 Å². The molecule has 0 atom stereocenters. The highest BCUT2D eigenvalue weighted by atomic mass is 16.6. The molecule has 1 heterocycles. The van der Waals surface area contributed by atoms with Gasteiger partial charge in [0.25, 0.3) is 5.69 Å². The number of aromatic nitrogens is 1. The summed E-state index contributed by atoms with van der Waals surface area (Å²) in [4.78, 5) is 33.8. The Hall–Kier alpha value is -2.64. The van der Waals surface area contributed by atoms with E-state index in [0.717, 1.165) is 0 Å². The number of aryl methyl sites for hydroxylation is 1. The molecule has 0 fully saturated rings. The fourth-order valence-electron chi connectivity index (χ4n) is 2.26. The lowest BCUT2D eigenvalue weighted by molar-refractivity contribution is -0.384. The Morgan fingerprint density at radius 3 is 2.70 bits per heavy atom. The smallest absolute Gasteiger partial charge is 0.407 e. The van der Waals surface area contributed by atoms with E-state index in [1.54, 1.807) is 0 Å². The molecule has 1 amide bonds. The maximum atomic E-state index is 11.9. The topological polar surface area (TPSA) is 107 Å². The van der Waals surface area contributed by atoms with Gasteiger partial charge in [0, 0.05) is 24.6 Å². The van der Waals surface area contributed by atoms with Crippen molar-refractivity contribution in [3.05, 3.63) is 38.9 Å². The maximum absolute atomic E-state index is 11.9. The third kappa shape index (κ3) is 4.18. The van der Waals surface area contributed by atoms with Crippen LogP contribution in [0.5, 0.6) is 0 Å². The number of non-ortho nitro benzene ring substituents is 1. The SMILES string of the molecule is CC(C)(C)NC(=O)CCCn1c(=O)oc2cc([N+](=O)[O-])ccc21. The van der Waals surface area contributed by atoms with Crippen LogP contribution >= 0.6 is 0 Å². The summed E-state index contributed by atoms with van der Waals surface area (Å²) in [6, 6.07) is 4.02. The Morgan fingerprint density at radius 1 is 1.39 bits per heavy atom. The molecule has 0 bridgehead atoms. The first-order valence-corrected chi connectivity index (χ1v) is 7.26. The van der Waals surface area contributed by atoms with Gasteiger partial charge >= 0.3 is 5.76 Å². The van der Waals surface area contributed by atoms with Crippen LogP contribution in [-0.4, -0.2) is 20.9 Å². The molecule has 0 radical (unpaired) electrons. The summed E-state index contributed by atoms with van der Waals surface area (Å²) in [5, 5.41) is 13.6. The number of carbonyl (C=O) groups is 1. The molecule has 23 heavy (non-hydrogen) atoms. The first kappa shape index (κ1) is 16.7. The van der Waals surface area contributed by atoms with Gasteiger partial charge in [-0.3, -0.25) is 19.5 Å². The van der Waals surface area contributed by atoms with E-state index < -0.39 is 10.7 Å². The lowest BCUT2D eigenvalue weighted by Crippen LogP contribution is -2.40. The lowest BCUT2D eigenvalue weighted by atomic mass is 10.1. The molecule has 0 aliphatic heterocycles. The van der Waals surface area contributed by atoms with E-state index in [2.05, 4.69) is 5.32 Å². The van der Waals surface area contributed by atoms with Crippen molar-refractivity contribution in [3.8, 4) is 0 Å². The van der Waals surface area contributed by atoms with E-state index in [4.69, 9.17) is 4.42 Å². The normalized spacial score (nSPS) is 11.6. The Kier molecular flexibility index (Phi) is 4.53. The average Bonchev–Trinajstić information content (AvgIpc) is 2.72. The Morgan fingerprint density at radius 2 is 2.09 bits per heavy atom. The molecule has 0 aliphatic carbocycles. The lowest BCUT2D eigenvalue weighted by Gasteiger charge is -2.20. The number of nitrogens with one attached hydrogen (secondary N) is 1. The van der Waals surface area contributed by atoms with Gasteiger partial charge in [-0.25, -0.2) is 4.79 Å². The third-order valence-electron chi connectivity index (χ3n) is 3.16. The highest BCUT2D eigenvalue weighted by Gasteiger charge is 2.16. The number of benzene rings is 1. The number of amides is 1. The Labute approximate surface area is 132 Å². The van der Waals surface area contributed by atoms with Gasteiger partial charge in [0.2, 0.25) is 5.91 Å². The van der Waals surface area contributed by atoms with Crippen molar-refractivity contribution in [1.29, 1.82) is 0 Å².